The molecule has 16 heavy (non-hydrogen) atoms. The molecule has 1 fully saturated rings. The van der Waals surface area contributed by atoms with E-state index in [2.05, 4.69) is 20.8 Å². The molecule has 1 amide bonds. The first kappa shape index (κ1) is 13.0. The van der Waals surface area contributed by atoms with Crippen molar-refractivity contribution in [2.24, 2.45) is 5.92 Å². The minimum atomic E-state index is -0.854. The first-order chi connectivity index (χ1) is 7.50. The summed E-state index contributed by atoms with van der Waals surface area (Å²) >= 11 is 0. The molecule has 1 N–H and O–H groups in total. The van der Waals surface area contributed by atoms with Crippen LogP contribution in [0.3, 0.4) is 0 Å². The van der Waals surface area contributed by atoms with Crippen molar-refractivity contribution in [1.29, 1.82) is 0 Å². The second kappa shape index (κ2) is 4.85. The number of hydrogen-bond donors (Lipinski definition) is 1. The molecule has 1 saturated heterocycles. The van der Waals surface area contributed by atoms with E-state index in [1.807, 2.05) is 0 Å². The number of aliphatic carboxylic acids is 1. The van der Waals surface area contributed by atoms with E-state index >= 15 is 0 Å². The lowest BCUT2D eigenvalue weighted by atomic mass is 9.88. The first-order valence-electron chi connectivity index (χ1n) is 6.04. The molecule has 0 saturated carbocycles. The van der Waals surface area contributed by atoms with Gasteiger partial charge in [-0.25, -0.2) is 0 Å². The van der Waals surface area contributed by atoms with E-state index in [0.717, 1.165) is 19.3 Å². The van der Waals surface area contributed by atoms with Crippen molar-refractivity contribution in [2.45, 2.75) is 52.0 Å². The lowest BCUT2D eigenvalue weighted by Crippen LogP contribution is -2.48. The highest BCUT2D eigenvalue weighted by Gasteiger charge is 2.43. The molecule has 4 nitrogen and oxygen atoms in total. The zero-order valence-electron chi connectivity index (χ0n) is 10.3. The Morgan fingerprint density at radius 1 is 1.38 bits per heavy atom. The molecule has 92 valence electrons. The number of likely N-dealkylation sites (tertiary alicyclic amines) is 1. The third-order valence-electron chi connectivity index (χ3n) is 4.02. The highest BCUT2D eigenvalue weighted by Crippen LogP contribution is 2.33. The van der Waals surface area contributed by atoms with Gasteiger partial charge in [-0.15, -0.1) is 0 Å². The van der Waals surface area contributed by atoms with Gasteiger partial charge in [0.2, 0.25) is 5.91 Å². The Morgan fingerprint density at radius 3 is 2.19 bits per heavy atom. The lowest BCUT2D eigenvalue weighted by Gasteiger charge is -2.40. The molecule has 1 rings (SSSR count). The van der Waals surface area contributed by atoms with Gasteiger partial charge in [0.15, 0.2) is 0 Å². The molecule has 0 aromatic rings. The van der Waals surface area contributed by atoms with Crippen LogP contribution in [0.1, 0.15) is 46.5 Å². The van der Waals surface area contributed by atoms with Gasteiger partial charge in [-0.2, -0.15) is 0 Å². The van der Waals surface area contributed by atoms with Gasteiger partial charge in [-0.05, 0) is 19.3 Å². The van der Waals surface area contributed by atoms with Gasteiger partial charge in [0, 0.05) is 18.5 Å². The molecule has 0 aromatic carbocycles. The number of amides is 1. The molecule has 0 radical (unpaired) electrons. The van der Waals surface area contributed by atoms with Crippen LogP contribution in [0.2, 0.25) is 0 Å². The quantitative estimate of drug-likeness (QED) is 0.780. The summed E-state index contributed by atoms with van der Waals surface area (Å²) in [6, 6.07) is 0. The van der Waals surface area contributed by atoms with Crippen LogP contribution in [-0.2, 0) is 9.59 Å². The predicted octanol–water partition coefficient (Wildman–Crippen LogP) is 1.89. The number of carbonyl (C=O) groups excluding carboxylic acids is 1. The Hall–Kier alpha value is -1.06. The summed E-state index contributed by atoms with van der Waals surface area (Å²) in [4.78, 5) is 24.6. The number of carboxylic acids is 1. The van der Waals surface area contributed by atoms with Crippen LogP contribution >= 0.6 is 0 Å². The van der Waals surface area contributed by atoms with E-state index in [1.165, 1.54) is 0 Å². The lowest BCUT2D eigenvalue weighted by molar-refractivity contribution is -0.141. The van der Waals surface area contributed by atoms with Crippen molar-refractivity contribution in [3.05, 3.63) is 0 Å². The third-order valence-corrected chi connectivity index (χ3v) is 4.02. The molecule has 0 spiro atoms. The summed E-state index contributed by atoms with van der Waals surface area (Å²) in [7, 11) is 0. The molecule has 1 unspecified atom stereocenters. The molecular formula is C12H21NO3. The second-order valence-corrected chi connectivity index (χ2v) is 4.53. The van der Waals surface area contributed by atoms with Gasteiger partial charge in [-0.1, -0.05) is 20.8 Å². The number of hydrogen-bond acceptors (Lipinski definition) is 2. The van der Waals surface area contributed by atoms with Crippen molar-refractivity contribution in [1.82, 2.24) is 4.90 Å². The van der Waals surface area contributed by atoms with Gasteiger partial charge in [0.25, 0.3) is 0 Å². The molecule has 0 bridgehead atoms. The highest BCUT2D eigenvalue weighted by molar-refractivity contribution is 5.86. The van der Waals surface area contributed by atoms with Gasteiger partial charge in [-0.3, -0.25) is 9.59 Å². The largest absolute Gasteiger partial charge is 0.481 e. The maximum absolute atomic E-state index is 11.9. The first-order valence-corrected chi connectivity index (χ1v) is 6.04. The van der Waals surface area contributed by atoms with Crippen molar-refractivity contribution < 1.29 is 14.7 Å². The average Bonchev–Trinajstić information content (AvgIpc) is 2.65. The fraction of sp³-hybridized carbons (Fsp3) is 0.833. The normalized spacial score (nSPS) is 21.6. The SMILES string of the molecule is CCC(CC)(CC)N1CC(C(=O)O)CC1=O. The van der Waals surface area contributed by atoms with Crippen LogP contribution in [0, 0.1) is 5.92 Å². The molecular weight excluding hydrogens is 206 g/mol. The van der Waals surface area contributed by atoms with E-state index in [1.54, 1.807) is 4.90 Å². The Morgan fingerprint density at radius 2 is 1.88 bits per heavy atom. The maximum Gasteiger partial charge on any atom is 0.308 e. The predicted molar refractivity (Wildman–Crippen MR) is 61.1 cm³/mol. The maximum atomic E-state index is 11.9. The fourth-order valence-electron chi connectivity index (χ4n) is 2.65. The molecule has 1 atom stereocenters. The van der Waals surface area contributed by atoms with Gasteiger partial charge < -0.3 is 10.0 Å². The van der Waals surface area contributed by atoms with Crippen LogP contribution in [0.25, 0.3) is 0 Å². The van der Waals surface area contributed by atoms with E-state index < -0.39 is 11.9 Å². The summed E-state index contributed by atoms with van der Waals surface area (Å²) in [6.07, 6.45) is 2.82. The van der Waals surface area contributed by atoms with Gasteiger partial charge in [0.1, 0.15) is 0 Å². The molecule has 0 aliphatic carbocycles. The van der Waals surface area contributed by atoms with Crippen molar-refractivity contribution in [3.8, 4) is 0 Å². The Balaban J connectivity index is 2.88. The van der Waals surface area contributed by atoms with Gasteiger partial charge >= 0.3 is 5.97 Å². The third kappa shape index (κ3) is 2.06. The van der Waals surface area contributed by atoms with Crippen LogP contribution in [0.4, 0.5) is 0 Å². The van der Waals surface area contributed by atoms with E-state index in [9.17, 15) is 9.59 Å². The van der Waals surface area contributed by atoms with Crippen LogP contribution < -0.4 is 0 Å². The average molecular weight is 227 g/mol. The van der Waals surface area contributed by atoms with Crippen molar-refractivity contribution in [3.63, 3.8) is 0 Å². The number of carbonyl (C=O) groups is 2. The minimum Gasteiger partial charge on any atom is -0.481 e. The minimum absolute atomic E-state index is 0.00190. The number of rotatable bonds is 5. The van der Waals surface area contributed by atoms with Crippen LogP contribution in [0.15, 0.2) is 0 Å². The summed E-state index contributed by atoms with van der Waals surface area (Å²) < 4.78 is 0. The molecule has 1 heterocycles. The summed E-state index contributed by atoms with van der Waals surface area (Å²) in [5.41, 5.74) is -0.138. The fourth-order valence-corrected chi connectivity index (χ4v) is 2.65. The zero-order chi connectivity index (χ0) is 12.3. The van der Waals surface area contributed by atoms with E-state index in [-0.39, 0.29) is 17.9 Å². The molecule has 0 aromatic heterocycles. The van der Waals surface area contributed by atoms with Crippen LogP contribution in [0.5, 0.6) is 0 Å². The zero-order valence-corrected chi connectivity index (χ0v) is 10.3. The highest BCUT2D eigenvalue weighted by atomic mass is 16.4. The summed E-state index contributed by atoms with van der Waals surface area (Å²) in [5.74, 6) is -1.37. The topological polar surface area (TPSA) is 57.6 Å². The van der Waals surface area contributed by atoms with Crippen LogP contribution in [-0.4, -0.2) is 34.0 Å². The molecule has 1 aliphatic heterocycles. The Bertz CT molecular complexity index is 276. The van der Waals surface area contributed by atoms with E-state index in [0.29, 0.717) is 6.54 Å². The Kier molecular flexibility index (Phi) is 3.94. The molecule has 4 heteroatoms. The summed E-state index contributed by atoms with van der Waals surface area (Å²) in [5, 5.41) is 8.95. The Labute approximate surface area is 96.6 Å². The van der Waals surface area contributed by atoms with Gasteiger partial charge in [0.05, 0.1) is 5.92 Å². The monoisotopic (exact) mass is 227 g/mol. The second-order valence-electron chi connectivity index (χ2n) is 4.53. The summed E-state index contributed by atoms with van der Waals surface area (Å²) in [6.45, 7) is 6.57. The van der Waals surface area contributed by atoms with Crippen molar-refractivity contribution in [2.75, 3.05) is 6.54 Å². The number of carboxylic acid groups (broad SMARTS) is 1. The number of nitrogens with zero attached hydrogens (tertiary/aromatic N) is 1. The van der Waals surface area contributed by atoms with Crippen molar-refractivity contribution >= 4 is 11.9 Å². The molecule has 1 aliphatic rings. The standard InChI is InChI=1S/C12H21NO3/c1-4-12(5-2,6-3)13-8-9(11(15)16)7-10(13)14/h9H,4-8H2,1-3H3,(H,15,16). The smallest absolute Gasteiger partial charge is 0.308 e. The van der Waals surface area contributed by atoms with E-state index in [4.69, 9.17) is 5.11 Å².